The Morgan fingerprint density at radius 3 is 2.96 bits per heavy atom. The predicted molar refractivity (Wildman–Crippen MR) is 122 cm³/mol. The van der Waals surface area contributed by atoms with Crippen LogP contribution in [0.1, 0.15) is 51.2 Å². The largest absolute Gasteiger partial charge is 0.372 e. The average Bonchev–Trinajstić information content (AvgIpc) is 3.03. The quantitative estimate of drug-likeness (QED) is 0.512. The van der Waals surface area contributed by atoms with Crippen molar-refractivity contribution in [2.45, 2.75) is 55.7 Å². The minimum absolute atomic E-state index is 0.0742. The van der Waals surface area contributed by atoms with Gasteiger partial charge in [0.25, 0.3) is 0 Å². The van der Waals surface area contributed by atoms with Crippen LogP contribution in [0, 0.1) is 5.92 Å². The molecule has 1 nitrogen and oxygen atoms in total. The Balaban J connectivity index is 1.69. The second-order valence-corrected chi connectivity index (χ2v) is 10.8. The molecule has 2 heterocycles. The van der Waals surface area contributed by atoms with Gasteiger partial charge in [-0.1, -0.05) is 42.6 Å². The summed E-state index contributed by atoms with van der Waals surface area (Å²) in [7, 11) is 0. The fraction of sp³-hybridized carbons (Fsp3) is 0.360. The van der Waals surface area contributed by atoms with Gasteiger partial charge in [-0.2, -0.15) is 0 Å². The molecule has 0 saturated heterocycles. The van der Waals surface area contributed by atoms with Gasteiger partial charge in [-0.25, -0.2) is 0 Å². The minimum Gasteiger partial charge on any atom is -0.372 e. The van der Waals surface area contributed by atoms with Gasteiger partial charge in [0.1, 0.15) is 0 Å². The lowest BCUT2D eigenvalue weighted by atomic mass is 9.60. The van der Waals surface area contributed by atoms with Crippen molar-refractivity contribution in [3.8, 4) is 0 Å². The van der Waals surface area contributed by atoms with Gasteiger partial charge in [0.15, 0.2) is 0 Å². The van der Waals surface area contributed by atoms with Crippen LogP contribution in [0.5, 0.6) is 0 Å². The van der Waals surface area contributed by atoms with E-state index in [4.69, 9.17) is 0 Å². The van der Waals surface area contributed by atoms with Crippen molar-refractivity contribution >= 4 is 29.6 Å². The van der Waals surface area contributed by atoms with Crippen LogP contribution in [0.2, 0.25) is 0 Å². The number of nitrogens with one attached hydrogen (secondary N) is 1. The van der Waals surface area contributed by atoms with Gasteiger partial charge < -0.3 is 5.32 Å². The molecule has 1 saturated carbocycles. The first-order chi connectivity index (χ1) is 13.6. The molecule has 142 valence electrons. The summed E-state index contributed by atoms with van der Waals surface area (Å²) in [5.74, 6) is 0.553. The zero-order chi connectivity index (χ0) is 19.3. The van der Waals surface area contributed by atoms with Crippen LogP contribution in [0.25, 0.3) is 6.08 Å². The molecule has 1 fully saturated rings. The summed E-state index contributed by atoms with van der Waals surface area (Å²) >= 11 is 3.72. The van der Waals surface area contributed by atoms with Gasteiger partial charge in [-0.05, 0) is 86.1 Å². The molecule has 2 aliphatic carbocycles. The maximum atomic E-state index is 3.76. The molecule has 0 amide bonds. The highest BCUT2D eigenvalue weighted by atomic mass is 32.2. The van der Waals surface area contributed by atoms with E-state index in [0.29, 0.717) is 11.3 Å². The Hall–Kier alpha value is -1.76. The Morgan fingerprint density at radius 1 is 1.18 bits per heavy atom. The fourth-order valence-electron chi connectivity index (χ4n) is 4.90. The van der Waals surface area contributed by atoms with Crippen LogP contribution < -0.4 is 5.32 Å². The van der Waals surface area contributed by atoms with Crippen LogP contribution in [0.3, 0.4) is 0 Å². The van der Waals surface area contributed by atoms with E-state index in [1.165, 1.54) is 49.9 Å². The Kier molecular flexibility index (Phi) is 4.53. The third kappa shape index (κ3) is 2.90. The molecular weight excluding hydrogens is 378 g/mol. The van der Waals surface area contributed by atoms with E-state index < -0.39 is 0 Å². The first-order valence-electron chi connectivity index (χ1n) is 10.1. The molecule has 28 heavy (non-hydrogen) atoms. The second kappa shape index (κ2) is 6.94. The maximum Gasteiger partial charge on any atom is 0.0741 e. The van der Waals surface area contributed by atoms with Crippen LogP contribution >= 0.6 is 23.5 Å². The number of benzene rings is 1. The van der Waals surface area contributed by atoms with Crippen LogP contribution in [0.15, 0.2) is 73.9 Å². The lowest BCUT2D eigenvalue weighted by molar-refractivity contribution is 0.326. The lowest BCUT2D eigenvalue weighted by Gasteiger charge is -2.43. The molecule has 3 unspecified atom stereocenters. The molecule has 1 aromatic carbocycles. The molecule has 0 bridgehead atoms. The summed E-state index contributed by atoms with van der Waals surface area (Å²) in [5, 5.41) is 4.03. The Bertz CT molecular complexity index is 1040. The molecule has 0 aromatic heterocycles. The Labute approximate surface area is 176 Å². The molecule has 3 atom stereocenters. The zero-order valence-corrected chi connectivity index (χ0v) is 18.3. The minimum atomic E-state index is -0.0742. The number of thioether (sulfide) groups is 2. The summed E-state index contributed by atoms with van der Waals surface area (Å²) in [6, 6.07) is 7.05. The average molecular weight is 404 g/mol. The molecule has 4 aliphatic rings. The van der Waals surface area contributed by atoms with Gasteiger partial charge in [0, 0.05) is 25.8 Å². The summed E-state index contributed by atoms with van der Waals surface area (Å²) in [4.78, 5) is 3.88. The van der Waals surface area contributed by atoms with Crippen LogP contribution in [-0.2, 0) is 5.41 Å². The van der Waals surface area contributed by atoms with Crippen molar-refractivity contribution in [2.75, 3.05) is 0 Å². The molecule has 0 spiro atoms. The third-order valence-corrected chi connectivity index (χ3v) is 8.42. The fourth-order valence-corrected chi connectivity index (χ4v) is 6.66. The normalized spacial score (nSPS) is 30.5. The summed E-state index contributed by atoms with van der Waals surface area (Å²) in [6.45, 7) is 6.76. The van der Waals surface area contributed by atoms with E-state index >= 15 is 0 Å². The van der Waals surface area contributed by atoms with E-state index in [1.807, 2.05) is 23.5 Å². The zero-order valence-electron chi connectivity index (χ0n) is 16.6. The van der Waals surface area contributed by atoms with Crippen LogP contribution in [-0.4, -0.2) is 5.37 Å². The summed E-state index contributed by atoms with van der Waals surface area (Å²) < 4.78 is 0. The second-order valence-electron chi connectivity index (χ2n) is 8.14. The number of rotatable bonds is 1. The smallest absolute Gasteiger partial charge is 0.0741 e. The van der Waals surface area contributed by atoms with Gasteiger partial charge >= 0.3 is 0 Å². The highest BCUT2D eigenvalue weighted by molar-refractivity contribution is 8.04. The highest BCUT2D eigenvalue weighted by Crippen LogP contribution is 2.50. The van der Waals surface area contributed by atoms with Crippen molar-refractivity contribution in [2.24, 2.45) is 5.92 Å². The van der Waals surface area contributed by atoms with Crippen molar-refractivity contribution in [1.29, 1.82) is 0 Å². The standard InChI is InChI=1S/C25H25NS2/c1-16-5-4-6-20-9-12-24-22(26-18(3)28-24)13-14-25(16,20)21-10-11-23-19(15-21)8-7-17(2)27-23/h8,10-16,18,26H,4-6H2,1-3H3. The molecule has 2 aliphatic heterocycles. The molecule has 0 radical (unpaired) electrons. The van der Waals surface area contributed by atoms with Crippen molar-refractivity contribution < 1.29 is 0 Å². The van der Waals surface area contributed by atoms with E-state index in [-0.39, 0.29) is 5.41 Å². The van der Waals surface area contributed by atoms with Crippen molar-refractivity contribution in [3.05, 3.63) is 80.1 Å². The molecule has 3 heteroatoms. The topological polar surface area (TPSA) is 12.0 Å². The monoisotopic (exact) mass is 403 g/mol. The van der Waals surface area contributed by atoms with Gasteiger partial charge in [-0.3, -0.25) is 0 Å². The highest BCUT2D eigenvalue weighted by Gasteiger charge is 2.42. The summed E-state index contributed by atoms with van der Waals surface area (Å²) in [5.41, 5.74) is 12.4. The van der Waals surface area contributed by atoms with Crippen molar-refractivity contribution in [3.63, 3.8) is 0 Å². The van der Waals surface area contributed by atoms with E-state index in [2.05, 4.69) is 80.1 Å². The first-order valence-corrected chi connectivity index (χ1v) is 11.8. The van der Waals surface area contributed by atoms with E-state index in [1.54, 1.807) is 0 Å². The van der Waals surface area contributed by atoms with Crippen LogP contribution in [0.4, 0.5) is 0 Å². The Morgan fingerprint density at radius 2 is 2.07 bits per heavy atom. The molecule has 1 N–H and O–H groups in total. The first kappa shape index (κ1) is 18.3. The number of allylic oxidation sites excluding steroid dienone is 4. The van der Waals surface area contributed by atoms with E-state index in [9.17, 15) is 0 Å². The van der Waals surface area contributed by atoms with Gasteiger partial charge in [-0.15, -0.1) is 11.5 Å². The molecular formula is C25H25NS2. The maximum absolute atomic E-state index is 3.76. The number of fused-ring (bicyclic) bond motifs is 2. The van der Waals surface area contributed by atoms with Crippen molar-refractivity contribution in [1.82, 2.24) is 5.32 Å². The predicted octanol–water partition coefficient (Wildman–Crippen LogP) is 6.91. The third-order valence-electron chi connectivity index (χ3n) is 6.34. The lowest BCUT2D eigenvalue weighted by Crippen LogP contribution is -2.37. The van der Waals surface area contributed by atoms with Gasteiger partial charge in [0.05, 0.1) is 5.37 Å². The molecule has 5 rings (SSSR count). The van der Waals surface area contributed by atoms with Gasteiger partial charge in [0.2, 0.25) is 0 Å². The number of hydrogen-bond donors (Lipinski definition) is 1. The molecule has 1 aromatic rings. The van der Waals surface area contributed by atoms with E-state index in [0.717, 1.165) is 6.42 Å². The SMILES string of the molecule is CC1=C=Cc2cc(C34C=CC5=C(C=C=C3CCCC4C)SC(C)N5)ccc2S1. The number of hydrogen-bond acceptors (Lipinski definition) is 3. The summed E-state index contributed by atoms with van der Waals surface area (Å²) in [6.07, 6.45) is 12.8.